The van der Waals surface area contributed by atoms with Crippen LogP contribution in [-0.2, 0) is 15.8 Å². The zero-order valence-corrected chi connectivity index (χ0v) is 21.1. The van der Waals surface area contributed by atoms with Crippen molar-refractivity contribution in [3.05, 3.63) is 57.8 Å². The Morgan fingerprint density at radius 1 is 1.32 bits per heavy atom. The van der Waals surface area contributed by atoms with E-state index in [9.17, 15) is 37.1 Å². The van der Waals surface area contributed by atoms with Crippen LogP contribution in [0.4, 0.5) is 28.5 Å². The van der Waals surface area contributed by atoms with E-state index in [-0.39, 0.29) is 51.5 Å². The second-order valence-electron chi connectivity index (χ2n) is 8.39. The molecular formula is C24H19ClF4N4O4S. The van der Waals surface area contributed by atoms with E-state index < -0.39 is 41.4 Å². The van der Waals surface area contributed by atoms with Gasteiger partial charge in [0.15, 0.2) is 10.9 Å². The smallest absolute Gasteiger partial charge is 0.419 e. The number of ketones is 1. The van der Waals surface area contributed by atoms with Gasteiger partial charge in [0.25, 0.3) is 5.91 Å². The van der Waals surface area contributed by atoms with Gasteiger partial charge in [0, 0.05) is 30.1 Å². The van der Waals surface area contributed by atoms with Gasteiger partial charge >= 0.3 is 12.1 Å². The van der Waals surface area contributed by atoms with E-state index in [4.69, 9.17) is 11.6 Å². The average Bonchev–Trinajstić information content (AvgIpc) is 3.31. The quantitative estimate of drug-likeness (QED) is 0.296. The largest absolute Gasteiger partial charge is 0.481 e. The summed E-state index contributed by atoms with van der Waals surface area (Å²) in [4.78, 5) is 46.5. The summed E-state index contributed by atoms with van der Waals surface area (Å²) in [5, 5.41) is 13.4. The van der Waals surface area contributed by atoms with E-state index in [1.807, 2.05) is 0 Å². The van der Waals surface area contributed by atoms with Crippen molar-refractivity contribution in [2.45, 2.75) is 32.0 Å². The Morgan fingerprint density at radius 3 is 2.68 bits per heavy atom. The number of carboxylic acids is 1. The van der Waals surface area contributed by atoms with E-state index >= 15 is 0 Å². The molecule has 2 unspecified atom stereocenters. The van der Waals surface area contributed by atoms with Gasteiger partial charge in [0.1, 0.15) is 17.6 Å². The molecule has 1 fully saturated rings. The standard InChI is InChI=1S/C24H19ClF4N4O4S/c1-2-16-18(22(36)37)17(34)6-7-33(16)20-14(25)8-11(9-30-20)21(35)32-23-31-15(10-38-23)12-4-3-5-13(19(12)26)24(27,28)29/h3-5,8-10,16,18H,2,6-7H2,1H3,(H,36,37)(H,31,32,35). The molecule has 14 heteroatoms. The van der Waals surface area contributed by atoms with Crippen molar-refractivity contribution in [1.29, 1.82) is 0 Å². The highest BCUT2D eigenvalue weighted by Crippen LogP contribution is 2.37. The number of nitrogens with one attached hydrogen (secondary N) is 1. The second kappa shape index (κ2) is 10.7. The first-order chi connectivity index (χ1) is 17.9. The van der Waals surface area contributed by atoms with Crippen LogP contribution < -0.4 is 10.2 Å². The van der Waals surface area contributed by atoms with Crippen molar-refractivity contribution in [2.24, 2.45) is 5.92 Å². The van der Waals surface area contributed by atoms with Crippen LogP contribution in [0.15, 0.2) is 35.8 Å². The lowest BCUT2D eigenvalue weighted by Gasteiger charge is -2.39. The summed E-state index contributed by atoms with van der Waals surface area (Å²) in [6, 6.07) is 3.50. The van der Waals surface area contributed by atoms with Gasteiger partial charge < -0.3 is 10.0 Å². The molecule has 1 saturated heterocycles. The van der Waals surface area contributed by atoms with Crippen LogP contribution in [0.5, 0.6) is 0 Å². The number of thiazole rings is 1. The third-order valence-electron chi connectivity index (χ3n) is 6.08. The number of rotatable bonds is 6. The summed E-state index contributed by atoms with van der Waals surface area (Å²) < 4.78 is 53.5. The number of alkyl halides is 3. The van der Waals surface area contributed by atoms with Gasteiger partial charge in [-0.05, 0) is 24.6 Å². The molecule has 2 atom stereocenters. The number of piperidine rings is 1. The highest BCUT2D eigenvalue weighted by atomic mass is 35.5. The number of carboxylic acid groups (broad SMARTS) is 1. The number of carbonyl (C=O) groups excluding carboxylic acids is 2. The number of aliphatic carboxylic acids is 1. The molecule has 4 rings (SSSR count). The molecule has 1 aromatic carbocycles. The van der Waals surface area contributed by atoms with Crippen molar-refractivity contribution >= 4 is 51.5 Å². The predicted octanol–water partition coefficient (Wildman–Crippen LogP) is 5.53. The average molecular weight is 571 g/mol. The Hall–Kier alpha value is -3.58. The fourth-order valence-electron chi connectivity index (χ4n) is 4.31. The van der Waals surface area contributed by atoms with Gasteiger partial charge in [0.05, 0.1) is 27.9 Å². The van der Waals surface area contributed by atoms with Gasteiger partial charge in [-0.15, -0.1) is 11.3 Å². The number of benzene rings is 1. The van der Waals surface area contributed by atoms with E-state index in [1.165, 1.54) is 17.6 Å². The Labute approximate surface area is 222 Å². The van der Waals surface area contributed by atoms with E-state index in [2.05, 4.69) is 15.3 Å². The van der Waals surface area contributed by atoms with Gasteiger partial charge in [-0.2, -0.15) is 13.2 Å². The summed E-state index contributed by atoms with van der Waals surface area (Å²) in [5.41, 5.74) is -1.85. The number of amides is 1. The number of nitrogens with zero attached hydrogens (tertiary/aromatic N) is 3. The number of hydrogen-bond acceptors (Lipinski definition) is 7. The molecule has 8 nitrogen and oxygen atoms in total. The molecule has 2 aromatic heterocycles. The van der Waals surface area contributed by atoms with Crippen LogP contribution in [0.2, 0.25) is 5.02 Å². The number of anilines is 2. The van der Waals surface area contributed by atoms with E-state index in [1.54, 1.807) is 11.8 Å². The maximum absolute atomic E-state index is 14.4. The Kier molecular flexibility index (Phi) is 7.70. The molecule has 0 bridgehead atoms. The minimum absolute atomic E-state index is 0.00639. The molecule has 3 heterocycles. The number of halogens is 5. The zero-order chi connectivity index (χ0) is 27.8. The number of Topliss-reactive ketones (excluding diaryl/α,β-unsaturated/α-hetero) is 1. The summed E-state index contributed by atoms with van der Waals surface area (Å²) in [7, 11) is 0. The minimum Gasteiger partial charge on any atom is -0.481 e. The van der Waals surface area contributed by atoms with Crippen LogP contribution in [0, 0.1) is 11.7 Å². The van der Waals surface area contributed by atoms with Crippen molar-refractivity contribution in [3.8, 4) is 11.3 Å². The maximum Gasteiger partial charge on any atom is 0.419 e. The lowest BCUT2D eigenvalue weighted by Crippen LogP contribution is -2.52. The van der Waals surface area contributed by atoms with E-state index in [0.717, 1.165) is 23.5 Å². The van der Waals surface area contributed by atoms with E-state index in [0.29, 0.717) is 12.5 Å². The van der Waals surface area contributed by atoms with Crippen LogP contribution in [0.1, 0.15) is 35.7 Å². The summed E-state index contributed by atoms with van der Waals surface area (Å²) >= 11 is 7.27. The van der Waals surface area contributed by atoms with Crippen LogP contribution in [-0.4, -0.2) is 45.3 Å². The van der Waals surface area contributed by atoms with Crippen LogP contribution in [0.3, 0.4) is 0 Å². The molecular weight excluding hydrogens is 552 g/mol. The van der Waals surface area contributed by atoms with Crippen molar-refractivity contribution in [1.82, 2.24) is 9.97 Å². The summed E-state index contributed by atoms with van der Waals surface area (Å²) in [5.74, 6) is -4.75. The SMILES string of the molecule is CCC1C(C(=O)O)C(=O)CCN1c1ncc(C(=O)Nc2nc(-c3cccc(C(F)(F)F)c3F)cs2)cc1Cl. The molecule has 0 saturated carbocycles. The van der Waals surface area contributed by atoms with Gasteiger partial charge in [-0.25, -0.2) is 14.4 Å². The molecule has 3 aromatic rings. The highest BCUT2D eigenvalue weighted by molar-refractivity contribution is 7.14. The summed E-state index contributed by atoms with van der Waals surface area (Å²) in [6.07, 6.45) is -3.30. The predicted molar refractivity (Wildman–Crippen MR) is 132 cm³/mol. The number of carbonyl (C=O) groups is 3. The number of pyridine rings is 1. The van der Waals surface area contributed by atoms with Gasteiger partial charge in [-0.3, -0.25) is 19.7 Å². The van der Waals surface area contributed by atoms with Crippen molar-refractivity contribution in [2.75, 3.05) is 16.8 Å². The molecule has 0 aliphatic carbocycles. The van der Waals surface area contributed by atoms with Gasteiger partial charge in [-0.1, -0.05) is 24.6 Å². The Morgan fingerprint density at radius 2 is 2.05 bits per heavy atom. The minimum atomic E-state index is -4.87. The lowest BCUT2D eigenvalue weighted by molar-refractivity contribution is -0.148. The normalized spacial score (nSPS) is 17.9. The third-order valence-corrected chi connectivity index (χ3v) is 7.11. The Balaban J connectivity index is 1.53. The molecule has 200 valence electrons. The monoisotopic (exact) mass is 570 g/mol. The fraction of sp³-hybridized carbons (Fsp3) is 0.292. The molecule has 38 heavy (non-hydrogen) atoms. The lowest BCUT2D eigenvalue weighted by atomic mass is 9.86. The van der Waals surface area contributed by atoms with Crippen molar-refractivity contribution < 1.29 is 37.1 Å². The molecule has 0 spiro atoms. The topological polar surface area (TPSA) is 112 Å². The molecule has 1 aliphatic rings. The molecule has 0 radical (unpaired) electrons. The van der Waals surface area contributed by atoms with Crippen LogP contribution in [0.25, 0.3) is 11.3 Å². The number of aromatic nitrogens is 2. The summed E-state index contributed by atoms with van der Waals surface area (Å²) in [6.45, 7) is 1.96. The highest BCUT2D eigenvalue weighted by Gasteiger charge is 2.42. The van der Waals surface area contributed by atoms with Crippen LogP contribution >= 0.6 is 22.9 Å². The second-order valence-corrected chi connectivity index (χ2v) is 9.65. The fourth-order valence-corrected chi connectivity index (χ4v) is 5.29. The molecule has 1 amide bonds. The number of hydrogen-bond donors (Lipinski definition) is 2. The van der Waals surface area contributed by atoms with Gasteiger partial charge in [0.2, 0.25) is 0 Å². The first-order valence-corrected chi connectivity index (χ1v) is 12.5. The molecule has 2 N–H and O–H groups in total. The third kappa shape index (κ3) is 5.34. The maximum atomic E-state index is 14.4. The zero-order valence-electron chi connectivity index (χ0n) is 19.6. The first kappa shape index (κ1) is 27.5. The Bertz CT molecular complexity index is 1410. The first-order valence-electron chi connectivity index (χ1n) is 11.2. The van der Waals surface area contributed by atoms with Crippen molar-refractivity contribution in [3.63, 3.8) is 0 Å². The molecule has 1 aliphatic heterocycles.